The predicted molar refractivity (Wildman–Crippen MR) is 158 cm³/mol. The summed E-state index contributed by atoms with van der Waals surface area (Å²) in [6.07, 6.45) is 0.0491. The molecule has 0 aliphatic carbocycles. The van der Waals surface area contributed by atoms with Crippen molar-refractivity contribution in [3.63, 3.8) is 0 Å². The number of carbonyl (C=O) groups is 3. The van der Waals surface area contributed by atoms with E-state index in [1.807, 2.05) is 0 Å². The van der Waals surface area contributed by atoms with Gasteiger partial charge in [-0.25, -0.2) is 14.4 Å². The molecule has 0 saturated heterocycles. The van der Waals surface area contributed by atoms with Crippen molar-refractivity contribution < 1.29 is 43.2 Å². The summed E-state index contributed by atoms with van der Waals surface area (Å²) >= 11 is 12.3. The van der Waals surface area contributed by atoms with E-state index < -0.39 is 30.2 Å². The Morgan fingerprint density at radius 1 is 1.12 bits per heavy atom. The van der Waals surface area contributed by atoms with Crippen molar-refractivity contribution in [2.24, 2.45) is 5.10 Å². The van der Waals surface area contributed by atoms with E-state index in [2.05, 4.69) is 21.2 Å². The Kier molecular flexibility index (Phi) is 12.3. The molecule has 2 aromatic carbocycles. The second-order valence-electron chi connectivity index (χ2n) is 8.81. The first-order valence-electron chi connectivity index (χ1n) is 13.1. The van der Waals surface area contributed by atoms with Crippen LogP contribution < -0.4 is 30.3 Å². The number of nitrogens with zero attached hydrogens (tertiary/aromatic N) is 1. The highest BCUT2D eigenvalue weighted by Crippen LogP contribution is 2.35. The molecule has 4 N–H and O–H groups in total. The largest absolute Gasteiger partial charge is 0.490 e. The normalized spacial score (nSPS) is 15.3. The van der Waals surface area contributed by atoms with Crippen LogP contribution in [0.3, 0.4) is 0 Å². The standard InChI is InChI=1S/C28H32Cl2N4O9/c1-5-40-21-10-16(25-24(27(37)39-4)15(3)32-28(38)33-25)7-8-20(21)42-13-22(35)34-31-12-17-9-18(29)11-19(30)26(17)43-14-23(36)41-6-2/h7-12,22,25,34-35H,5-6,13-14H2,1-4H3,(H2,32,33,38)/b31-12+/t22-,25+/m1/s1. The highest BCUT2D eigenvalue weighted by Gasteiger charge is 2.32. The second kappa shape index (κ2) is 15.9. The molecule has 2 amide bonds. The van der Waals surface area contributed by atoms with Gasteiger partial charge in [-0.2, -0.15) is 5.10 Å². The number of allylic oxidation sites excluding steroid dienone is 1. The number of methoxy groups -OCH3 is 1. The fraction of sp³-hybridized carbons (Fsp3) is 0.357. The smallest absolute Gasteiger partial charge is 0.344 e. The minimum absolute atomic E-state index is 0.155. The number of ether oxygens (including phenoxy) is 5. The molecule has 43 heavy (non-hydrogen) atoms. The average molecular weight is 639 g/mol. The molecule has 1 aliphatic rings. The molecule has 1 aliphatic heterocycles. The number of halogens is 2. The third-order valence-electron chi connectivity index (χ3n) is 5.78. The van der Waals surface area contributed by atoms with E-state index in [0.29, 0.717) is 40.0 Å². The summed E-state index contributed by atoms with van der Waals surface area (Å²) in [6, 6.07) is 6.59. The lowest BCUT2D eigenvalue weighted by molar-refractivity contribution is -0.145. The van der Waals surface area contributed by atoms with E-state index in [-0.39, 0.29) is 36.2 Å². The van der Waals surface area contributed by atoms with Crippen molar-refractivity contribution in [2.45, 2.75) is 33.0 Å². The predicted octanol–water partition coefficient (Wildman–Crippen LogP) is 3.46. The third-order valence-corrected chi connectivity index (χ3v) is 6.28. The first-order valence-corrected chi connectivity index (χ1v) is 13.8. The van der Waals surface area contributed by atoms with Crippen LogP contribution in [0.2, 0.25) is 10.0 Å². The van der Waals surface area contributed by atoms with Crippen LogP contribution in [0.5, 0.6) is 17.2 Å². The van der Waals surface area contributed by atoms with E-state index in [4.69, 9.17) is 46.9 Å². The van der Waals surface area contributed by atoms with Gasteiger partial charge < -0.3 is 39.4 Å². The van der Waals surface area contributed by atoms with Crippen LogP contribution in [-0.4, -0.2) is 69.1 Å². The van der Waals surface area contributed by atoms with Gasteiger partial charge in [0.15, 0.2) is 24.3 Å². The van der Waals surface area contributed by atoms with Crippen LogP contribution in [0.25, 0.3) is 0 Å². The van der Waals surface area contributed by atoms with E-state index in [1.54, 1.807) is 39.0 Å². The minimum Gasteiger partial charge on any atom is -0.490 e. The van der Waals surface area contributed by atoms with E-state index in [9.17, 15) is 19.5 Å². The van der Waals surface area contributed by atoms with Crippen LogP contribution in [0, 0.1) is 0 Å². The zero-order valence-electron chi connectivity index (χ0n) is 23.9. The van der Waals surface area contributed by atoms with Gasteiger partial charge in [0.25, 0.3) is 0 Å². The molecule has 13 nitrogen and oxygen atoms in total. The number of hydrazone groups is 1. The SMILES string of the molecule is CCOC(=O)COc1c(Cl)cc(Cl)cc1/C=N/N[C@H](O)COc1ccc([C@@H]2NC(=O)NC(C)=C2C(=O)OC)cc1OCC. The molecule has 3 rings (SSSR count). The maximum atomic E-state index is 12.4. The number of rotatable bonds is 14. The lowest BCUT2D eigenvalue weighted by Crippen LogP contribution is -2.45. The fourth-order valence-corrected chi connectivity index (χ4v) is 4.54. The number of nitrogens with one attached hydrogen (secondary N) is 3. The molecule has 0 fully saturated rings. The van der Waals surface area contributed by atoms with Crippen LogP contribution in [0.15, 0.2) is 46.7 Å². The van der Waals surface area contributed by atoms with Gasteiger partial charge in [0.1, 0.15) is 12.4 Å². The molecular formula is C28H32Cl2N4O9. The van der Waals surface area contributed by atoms with Crippen molar-refractivity contribution in [1.29, 1.82) is 0 Å². The summed E-state index contributed by atoms with van der Waals surface area (Å²) in [5.41, 5.74) is 4.02. The molecule has 15 heteroatoms. The van der Waals surface area contributed by atoms with Gasteiger partial charge in [0.2, 0.25) is 0 Å². The van der Waals surface area contributed by atoms with E-state index in [0.717, 1.165) is 0 Å². The van der Waals surface area contributed by atoms with Crippen molar-refractivity contribution in [3.05, 3.63) is 62.8 Å². The summed E-state index contributed by atoms with van der Waals surface area (Å²) in [5.74, 6) is -0.393. The molecule has 2 atom stereocenters. The molecule has 2 aromatic rings. The monoisotopic (exact) mass is 638 g/mol. The number of aliphatic hydroxyl groups excluding tert-OH is 1. The molecule has 0 aromatic heterocycles. The summed E-state index contributed by atoms with van der Waals surface area (Å²) in [7, 11) is 1.26. The van der Waals surface area contributed by atoms with Crippen LogP contribution in [-0.2, 0) is 19.1 Å². The van der Waals surface area contributed by atoms with Crippen LogP contribution in [0.4, 0.5) is 4.79 Å². The summed E-state index contributed by atoms with van der Waals surface area (Å²) < 4.78 is 26.7. The first-order chi connectivity index (χ1) is 20.6. The molecule has 232 valence electrons. The van der Waals surface area contributed by atoms with Gasteiger partial charge in [0.05, 0.1) is 43.2 Å². The average Bonchev–Trinajstić information content (AvgIpc) is 2.95. The molecule has 0 radical (unpaired) electrons. The van der Waals surface area contributed by atoms with E-state index >= 15 is 0 Å². The number of amides is 2. The summed E-state index contributed by atoms with van der Waals surface area (Å²) in [4.78, 5) is 36.2. The highest BCUT2D eigenvalue weighted by atomic mass is 35.5. The minimum atomic E-state index is -1.26. The Bertz CT molecular complexity index is 1400. The number of esters is 2. The third kappa shape index (κ3) is 9.14. The number of benzene rings is 2. The van der Waals surface area contributed by atoms with Gasteiger partial charge in [-0.3, -0.25) is 5.43 Å². The van der Waals surface area contributed by atoms with Crippen LogP contribution in [0.1, 0.15) is 37.9 Å². The van der Waals surface area contributed by atoms with Gasteiger partial charge in [0, 0.05) is 16.3 Å². The number of hydrogen-bond donors (Lipinski definition) is 4. The lowest BCUT2D eigenvalue weighted by atomic mass is 9.95. The van der Waals surface area contributed by atoms with Gasteiger partial charge in [-0.1, -0.05) is 29.3 Å². The molecule has 1 heterocycles. The Morgan fingerprint density at radius 2 is 1.88 bits per heavy atom. The van der Waals surface area contributed by atoms with Crippen molar-refractivity contribution in [1.82, 2.24) is 16.1 Å². The Morgan fingerprint density at radius 3 is 2.58 bits per heavy atom. The van der Waals surface area contributed by atoms with Crippen molar-refractivity contribution >= 4 is 47.4 Å². The first kappa shape index (κ1) is 33.3. The van der Waals surface area contributed by atoms with Gasteiger partial charge in [-0.15, -0.1) is 0 Å². The highest BCUT2D eigenvalue weighted by molar-refractivity contribution is 6.36. The maximum Gasteiger partial charge on any atom is 0.344 e. The number of hydrogen-bond acceptors (Lipinski definition) is 11. The maximum absolute atomic E-state index is 12.4. The van der Waals surface area contributed by atoms with Crippen molar-refractivity contribution in [3.8, 4) is 17.2 Å². The molecule has 0 saturated carbocycles. The summed E-state index contributed by atoms with van der Waals surface area (Å²) in [5, 5.41) is 20.2. The molecule has 0 spiro atoms. The number of aliphatic hydroxyl groups is 1. The van der Waals surface area contributed by atoms with Gasteiger partial charge >= 0.3 is 18.0 Å². The van der Waals surface area contributed by atoms with Gasteiger partial charge in [-0.05, 0) is 50.6 Å². The molecule has 0 unspecified atom stereocenters. The van der Waals surface area contributed by atoms with Crippen LogP contribution >= 0.6 is 23.2 Å². The topological polar surface area (TPSA) is 166 Å². The molecular weight excluding hydrogens is 607 g/mol. The lowest BCUT2D eigenvalue weighted by Gasteiger charge is -2.28. The van der Waals surface area contributed by atoms with Crippen molar-refractivity contribution in [2.75, 3.05) is 33.5 Å². The quantitative estimate of drug-likeness (QED) is 0.104. The fourth-order valence-electron chi connectivity index (χ4n) is 3.98. The zero-order chi connectivity index (χ0) is 31.5. The summed E-state index contributed by atoms with van der Waals surface area (Å²) in [6.45, 7) is 4.95. The molecule has 0 bridgehead atoms. The number of urea groups is 1. The zero-order valence-corrected chi connectivity index (χ0v) is 25.4. The Balaban J connectivity index is 1.70. The Labute approximate surface area is 258 Å². The second-order valence-corrected chi connectivity index (χ2v) is 9.66. The van der Waals surface area contributed by atoms with E-state index in [1.165, 1.54) is 25.5 Å². The number of carbonyl (C=O) groups excluding carboxylic acids is 3. The Hall–Kier alpha value is -4.20.